The highest BCUT2D eigenvalue weighted by Crippen LogP contribution is 2.12. The topological polar surface area (TPSA) is 58.6 Å². The molecule has 0 bridgehead atoms. The number of nitrogens with zero attached hydrogens (tertiary/aromatic N) is 1. The summed E-state index contributed by atoms with van der Waals surface area (Å²) in [5, 5.41) is 2.94. The zero-order valence-corrected chi connectivity index (χ0v) is 12.5. The van der Waals surface area contributed by atoms with Crippen molar-refractivity contribution in [2.45, 2.75) is 58.6 Å². The van der Waals surface area contributed by atoms with Gasteiger partial charge in [-0.05, 0) is 33.6 Å². The third-order valence-corrected chi connectivity index (χ3v) is 3.05. The lowest BCUT2D eigenvalue weighted by atomic mass is 10.0. The lowest BCUT2D eigenvalue weighted by molar-refractivity contribution is -0.155. The average Bonchev–Trinajstić information content (AvgIpc) is 2.25. The number of carbonyl (C=O) groups excluding carboxylic acids is 2. The second kappa shape index (κ2) is 6.89. The molecule has 0 spiro atoms. The second-order valence-corrected chi connectivity index (χ2v) is 6.15. The molecule has 1 amide bonds. The maximum atomic E-state index is 11.6. The summed E-state index contributed by atoms with van der Waals surface area (Å²) in [5.41, 5.74) is -0.407. The minimum Gasteiger partial charge on any atom is -0.460 e. The van der Waals surface area contributed by atoms with Gasteiger partial charge in [0.2, 0.25) is 5.91 Å². The Kier molecular flexibility index (Phi) is 5.79. The highest BCUT2D eigenvalue weighted by Gasteiger charge is 2.21. The number of carbonyl (C=O) groups is 2. The van der Waals surface area contributed by atoms with Crippen molar-refractivity contribution in [3.05, 3.63) is 0 Å². The lowest BCUT2D eigenvalue weighted by Gasteiger charge is -2.32. The van der Waals surface area contributed by atoms with E-state index < -0.39 is 5.60 Å². The fourth-order valence-corrected chi connectivity index (χ4v) is 2.23. The van der Waals surface area contributed by atoms with Gasteiger partial charge in [-0.3, -0.25) is 9.59 Å². The third kappa shape index (κ3) is 7.15. The van der Waals surface area contributed by atoms with Crippen molar-refractivity contribution < 1.29 is 14.3 Å². The Morgan fingerprint density at radius 3 is 2.32 bits per heavy atom. The first kappa shape index (κ1) is 16.0. The van der Waals surface area contributed by atoms with Crippen molar-refractivity contribution in [3.63, 3.8) is 0 Å². The number of piperidine rings is 1. The monoisotopic (exact) mass is 270 g/mol. The van der Waals surface area contributed by atoms with E-state index in [1.165, 1.54) is 0 Å². The van der Waals surface area contributed by atoms with Gasteiger partial charge in [0, 0.05) is 32.6 Å². The largest absolute Gasteiger partial charge is 0.460 e. The van der Waals surface area contributed by atoms with Crippen LogP contribution in [0, 0.1) is 0 Å². The molecule has 19 heavy (non-hydrogen) atoms. The summed E-state index contributed by atoms with van der Waals surface area (Å²) in [5.74, 6) is -0.108. The molecular formula is C14H26N2O3. The molecule has 0 atom stereocenters. The molecule has 5 heteroatoms. The lowest BCUT2D eigenvalue weighted by Crippen LogP contribution is -2.44. The van der Waals surface area contributed by atoms with Crippen LogP contribution in [-0.2, 0) is 14.3 Å². The number of nitrogens with one attached hydrogen (secondary N) is 1. The van der Waals surface area contributed by atoms with Gasteiger partial charge in [-0.1, -0.05) is 0 Å². The van der Waals surface area contributed by atoms with E-state index in [1.807, 2.05) is 20.8 Å². The SMILES string of the molecule is CC(=O)NC1CCN(CCC(=O)OC(C)(C)C)CC1. The number of hydrogen-bond acceptors (Lipinski definition) is 4. The molecule has 0 aromatic heterocycles. The normalized spacial score (nSPS) is 18.1. The van der Waals surface area contributed by atoms with E-state index in [0.29, 0.717) is 6.42 Å². The first-order valence-electron chi connectivity index (χ1n) is 6.97. The van der Waals surface area contributed by atoms with Crippen molar-refractivity contribution >= 4 is 11.9 Å². The highest BCUT2D eigenvalue weighted by atomic mass is 16.6. The number of rotatable bonds is 4. The Balaban J connectivity index is 2.19. The maximum Gasteiger partial charge on any atom is 0.307 e. The zero-order valence-electron chi connectivity index (χ0n) is 12.5. The first-order valence-corrected chi connectivity index (χ1v) is 6.97. The molecule has 1 aliphatic heterocycles. The van der Waals surface area contributed by atoms with Gasteiger partial charge < -0.3 is 15.0 Å². The Bertz CT molecular complexity index is 315. The average molecular weight is 270 g/mol. The molecule has 0 unspecified atom stereocenters. The molecule has 1 N–H and O–H groups in total. The molecule has 0 saturated carbocycles. The van der Waals surface area contributed by atoms with Gasteiger partial charge >= 0.3 is 5.97 Å². The standard InChI is InChI=1S/C14H26N2O3/c1-11(17)15-12-5-8-16(9-6-12)10-7-13(18)19-14(2,3)4/h12H,5-10H2,1-4H3,(H,15,17). The van der Waals surface area contributed by atoms with Crippen LogP contribution in [0.3, 0.4) is 0 Å². The van der Waals surface area contributed by atoms with Crippen molar-refractivity contribution in [2.24, 2.45) is 0 Å². The minimum atomic E-state index is -0.407. The van der Waals surface area contributed by atoms with Crippen molar-refractivity contribution in [1.82, 2.24) is 10.2 Å². The van der Waals surface area contributed by atoms with Crippen LogP contribution < -0.4 is 5.32 Å². The fourth-order valence-electron chi connectivity index (χ4n) is 2.23. The number of amides is 1. The molecule has 1 heterocycles. The third-order valence-electron chi connectivity index (χ3n) is 3.05. The van der Waals surface area contributed by atoms with Gasteiger partial charge in [0.05, 0.1) is 6.42 Å². The predicted octanol–water partition coefficient (Wildman–Crippen LogP) is 1.32. The summed E-state index contributed by atoms with van der Waals surface area (Å²) in [7, 11) is 0. The Hall–Kier alpha value is -1.10. The summed E-state index contributed by atoms with van der Waals surface area (Å²) in [6.07, 6.45) is 2.34. The van der Waals surface area contributed by atoms with Crippen LogP contribution >= 0.6 is 0 Å². The van der Waals surface area contributed by atoms with Gasteiger partial charge in [-0.15, -0.1) is 0 Å². The summed E-state index contributed by atoms with van der Waals surface area (Å²) >= 11 is 0. The van der Waals surface area contributed by atoms with Crippen LogP contribution in [0.4, 0.5) is 0 Å². The second-order valence-electron chi connectivity index (χ2n) is 6.15. The van der Waals surface area contributed by atoms with Gasteiger partial charge in [-0.25, -0.2) is 0 Å². The van der Waals surface area contributed by atoms with Crippen molar-refractivity contribution in [1.29, 1.82) is 0 Å². The van der Waals surface area contributed by atoms with Gasteiger partial charge in [0.15, 0.2) is 0 Å². The first-order chi connectivity index (χ1) is 8.76. The molecule has 110 valence electrons. The Labute approximate surface area is 115 Å². The van der Waals surface area contributed by atoms with E-state index in [0.717, 1.165) is 32.5 Å². The number of esters is 1. The van der Waals surface area contributed by atoms with E-state index in [1.54, 1.807) is 6.92 Å². The molecule has 0 aliphatic carbocycles. The number of ether oxygens (including phenoxy) is 1. The molecule has 1 rings (SSSR count). The van der Waals surface area contributed by atoms with Crippen LogP contribution in [0.5, 0.6) is 0 Å². The fraction of sp³-hybridized carbons (Fsp3) is 0.857. The Morgan fingerprint density at radius 2 is 1.84 bits per heavy atom. The summed E-state index contributed by atoms with van der Waals surface area (Å²) in [4.78, 5) is 24.8. The van der Waals surface area contributed by atoms with Crippen molar-refractivity contribution in [3.8, 4) is 0 Å². The van der Waals surface area contributed by atoms with Crippen LogP contribution in [-0.4, -0.2) is 48.1 Å². The molecular weight excluding hydrogens is 244 g/mol. The number of likely N-dealkylation sites (tertiary alicyclic amines) is 1. The van der Waals surface area contributed by atoms with Gasteiger partial charge in [-0.2, -0.15) is 0 Å². The smallest absolute Gasteiger partial charge is 0.307 e. The summed E-state index contributed by atoms with van der Waals surface area (Å²) < 4.78 is 5.28. The quantitative estimate of drug-likeness (QED) is 0.783. The van der Waals surface area contributed by atoms with Crippen LogP contribution in [0.1, 0.15) is 47.0 Å². The maximum absolute atomic E-state index is 11.6. The predicted molar refractivity (Wildman–Crippen MR) is 73.7 cm³/mol. The van der Waals surface area contributed by atoms with Crippen molar-refractivity contribution in [2.75, 3.05) is 19.6 Å². The van der Waals surface area contributed by atoms with Crippen LogP contribution in [0.2, 0.25) is 0 Å². The van der Waals surface area contributed by atoms with Crippen LogP contribution in [0.15, 0.2) is 0 Å². The van der Waals surface area contributed by atoms with Gasteiger partial charge in [0.25, 0.3) is 0 Å². The molecule has 1 aliphatic rings. The van der Waals surface area contributed by atoms with Crippen LogP contribution in [0.25, 0.3) is 0 Å². The van der Waals surface area contributed by atoms with E-state index in [4.69, 9.17) is 4.74 Å². The summed E-state index contributed by atoms with van der Waals surface area (Å²) in [6.45, 7) is 9.77. The molecule has 1 fully saturated rings. The van der Waals surface area contributed by atoms with E-state index in [-0.39, 0.29) is 17.9 Å². The Morgan fingerprint density at radius 1 is 1.26 bits per heavy atom. The molecule has 0 aromatic carbocycles. The van der Waals surface area contributed by atoms with E-state index in [2.05, 4.69) is 10.2 Å². The summed E-state index contributed by atoms with van der Waals surface area (Å²) in [6, 6.07) is 0.287. The van der Waals surface area contributed by atoms with Gasteiger partial charge in [0.1, 0.15) is 5.60 Å². The zero-order chi connectivity index (χ0) is 14.5. The van der Waals surface area contributed by atoms with E-state index in [9.17, 15) is 9.59 Å². The molecule has 5 nitrogen and oxygen atoms in total. The molecule has 1 saturated heterocycles. The highest BCUT2D eigenvalue weighted by molar-refractivity contribution is 5.73. The molecule has 0 aromatic rings. The molecule has 0 radical (unpaired) electrons. The minimum absolute atomic E-state index is 0.0344. The number of hydrogen-bond donors (Lipinski definition) is 1. The van der Waals surface area contributed by atoms with E-state index >= 15 is 0 Å².